The molecule has 2 rings (SSSR count). The molecule has 1 aliphatic carbocycles. The van der Waals surface area contributed by atoms with Crippen LogP contribution in [0.4, 0.5) is 0 Å². The van der Waals surface area contributed by atoms with Crippen molar-refractivity contribution in [2.75, 3.05) is 20.3 Å². The Bertz CT molecular complexity index is 416. The van der Waals surface area contributed by atoms with Gasteiger partial charge in [-0.3, -0.25) is 4.79 Å². The summed E-state index contributed by atoms with van der Waals surface area (Å²) < 4.78 is 10.1. The maximum absolute atomic E-state index is 11.8. The Morgan fingerprint density at radius 3 is 3.11 bits per heavy atom. The SMILES string of the molecule is CCOC(=O)C1CCc2sc(CCCOC)nc21. The van der Waals surface area contributed by atoms with Gasteiger partial charge in [0.15, 0.2) is 0 Å². The first-order valence-corrected chi connectivity index (χ1v) is 7.22. The van der Waals surface area contributed by atoms with Crippen LogP contribution >= 0.6 is 11.3 Å². The largest absolute Gasteiger partial charge is 0.465 e. The number of hydrogen-bond acceptors (Lipinski definition) is 5. The van der Waals surface area contributed by atoms with E-state index >= 15 is 0 Å². The first kappa shape index (κ1) is 13.5. The fourth-order valence-electron chi connectivity index (χ4n) is 2.22. The van der Waals surface area contributed by atoms with E-state index in [1.165, 1.54) is 4.88 Å². The zero-order valence-electron chi connectivity index (χ0n) is 10.9. The molecule has 0 aliphatic heterocycles. The molecule has 0 fully saturated rings. The zero-order valence-corrected chi connectivity index (χ0v) is 11.7. The van der Waals surface area contributed by atoms with Crippen LogP contribution in [0.15, 0.2) is 0 Å². The van der Waals surface area contributed by atoms with E-state index < -0.39 is 0 Å². The normalized spacial score (nSPS) is 17.8. The number of nitrogens with zero attached hydrogens (tertiary/aromatic N) is 1. The smallest absolute Gasteiger partial charge is 0.315 e. The lowest BCUT2D eigenvalue weighted by Gasteiger charge is -2.07. The average molecular weight is 269 g/mol. The molecule has 100 valence electrons. The summed E-state index contributed by atoms with van der Waals surface area (Å²) in [6.07, 6.45) is 3.72. The standard InChI is InChI=1S/C13H19NO3S/c1-3-17-13(15)9-6-7-10-12(9)14-11(18-10)5-4-8-16-2/h9H,3-8H2,1-2H3. The lowest BCUT2D eigenvalue weighted by molar-refractivity contribution is -0.145. The molecule has 1 aromatic rings. The number of esters is 1. The minimum Gasteiger partial charge on any atom is -0.465 e. The number of hydrogen-bond donors (Lipinski definition) is 0. The molecule has 0 amide bonds. The highest BCUT2D eigenvalue weighted by Gasteiger charge is 2.33. The molecular formula is C13H19NO3S. The van der Waals surface area contributed by atoms with Crippen molar-refractivity contribution in [3.63, 3.8) is 0 Å². The van der Waals surface area contributed by atoms with E-state index in [0.717, 1.165) is 43.0 Å². The minimum absolute atomic E-state index is 0.120. The van der Waals surface area contributed by atoms with Crippen molar-refractivity contribution in [2.24, 2.45) is 0 Å². The highest BCUT2D eigenvalue weighted by Crippen LogP contribution is 2.37. The number of methoxy groups -OCH3 is 1. The average Bonchev–Trinajstić information content (AvgIpc) is 2.89. The lowest BCUT2D eigenvalue weighted by atomic mass is 10.1. The van der Waals surface area contributed by atoms with E-state index in [9.17, 15) is 4.79 Å². The summed E-state index contributed by atoms with van der Waals surface area (Å²) in [7, 11) is 1.71. The monoisotopic (exact) mass is 269 g/mol. The second-order valence-corrected chi connectivity index (χ2v) is 5.52. The second kappa shape index (κ2) is 6.29. The molecule has 0 N–H and O–H groups in total. The minimum atomic E-state index is -0.132. The predicted molar refractivity (Wildman–Crippen MR) is 70.0 cm³/mol. The zero-order chi connectivity index (χ0) is 13.0. The molecule has 0 radical (unpaired) electrons. The topological polar surface area (TPSA) is 48.4 Å². The van der Waals surface area contributed by atoms with Gasteiger partial charge in [-0.15, -0.1) is 11.3 Å². The van der Waals surface area contributed by atoms with Crippen LogP contribution < -0.4 is 0 Å². The van der Waals surface area contributed by atoms with Crippen molar-refractivity contribution in [1.29, 1.82) is 0 Å². The quantitative estimate of drug-likeness (QED) is 0.587. The van der Waals surface area contributed by atoms with Crippen LogP contribution in [0.1, 0.15) is 41.3 Å². The lowest BCUT2D eigenvalue weighted by Crippen LogP contribution is -2.14. The van der Waals surface area contributed by atoms with Crippen LogP contribution in [0.3, 0.4) is 0 Å². The van der Waals surface area contributed by atoms with Gasteiger partial charge in [0.2, 0.25) is 0 Å². The number of ether oxygens (including phenoxy) is 2. The van der Waals surface area contributed by atoms with Crippen LogP contribution in [0.5, 0.6) is 0 Å². The van der Waals surface area contributed by atoms with E-state index in [1.807, 2.05) is 6.92 Å². The van der Waals surface area contributed by atoms with E-state index in [-0.39, 0.29) is 11.9 Å². The van der Waals surface area contributed by atoms with Gasteiger partial charge < -0.3 is 9.47 Å². The predicted octanol–water partition coefficient (Wildman–Crippen LogP) is 2.32. The Balaban J connectivity index is 2.01. The summed E-state index contributed by atoms with van der Waals surface area (Å²) in [6, 6.07) is 0. The third-order valence-corrected chi connectivity index (χ3v) is 4.26. The van der Waals surface area contributed by atoms with Crippen molar-refractivity contribution in [3.05, 3.63) is 15.6 Å². The van der Waals surface area contributed by atoms with E-state index in [2.05, 4.69) is 4.98 Å². The summed E-state index contributed by atoms with van der Waals surface area (Å²) in [5.41, 5.74) is 0.964. The first-order chi connectivity index (χ1) is 8.76. The molecule has 0 aromatic carbocycles. The Kier molecular flexibility index (Phi) is 4.72. The molecule has 1 unspecified atom stereocenters. The molecule has 0 bridgehead atoms. The molecule has 1 heterocycles. The molecule has 0 saturated carbocycles. The molecule has 1 atom stereocenters. The van der Waals surface area contributed by atoms with Crippen LogP contribution in [-0.2, 0) is 27.1 Å². The van der Waals surface area contributed by atoms with Crippen molar-refractivity contribution in [1.82, 2.24) is 4.98 Å². The number of aromatic nitrogens is 1. The Hall–Kier alpha value is -0.940. The number of fused-ring (bicyclic) bond motifs is 1. The van der Waals surface area contributed by atoms with Gasteiger partial charge in [0.25, 0.3) is 0 Å². The van der Waals surface area contributed by atoms with Crippen LogP contribution in [0, 0.1) is 0 Å². The molecule has 0 saturated heterocycles. The maximum Gasteiger partial charge on any atom is 0.315 e. The fourth-order valence-corrected chi connectivity index (χ4v) is 3.41. The summed E-state index contributed by atoms with van der Waals surface area (Å²) >= 11 is 1.74. The van der Waals surface area contributed by atoms with Crippen LogP contribution in [0.2, 0.25) is 0 Å². The van der Waals surface area contributed by atoms with Crippen molar-refractivity contribution in [3.8, 4) is 0 Å². The van der Waals surface area contributed by atoms with Gasteiger partial charge >= 0.3 is 5.97 Å². The van der Waals surface area contributed by atoms with Gasteiger partial charge in [-0.25, -0.2) is 4.98 Å². The molecule has 4 nitrogen and oxygen atoms in total. The summed E-state index contributed by atoms with van der Waals surface area (Å²) in [6.45, 7) is 3.03. The Labute approximate surface area is 111 Å². The third kappa shape index (κ3) is 2.90. The Morgan fingerprint density at radius 2 is 2.39 bits per heavy atom. The fraction of sp³-hybridized carbons (Fsp3) is 0.692. The second-order valence-electron chi connectivity index (χ2n) is 4.36. The van der Waals surface area contributed by atoms with Gasteiger partial charge in [0, 0.05) is 25.0 Å². The van der Waals surface area contributed by atoms with Crippen molar-refractivity contribution >= 4 is 17.3 Å². The van der Waals surface area contributed by atoms with Crippen LogP contribution in [0.25, 0.3) is 0 Å². The molecule has 5 heteroatoms. The number of thiazole rings is 1. The third-order valence-electron chi connectivity index (χ3n) is 3.07. The molecule has 1 aromatic heterocycles. The van der Waals surface area contributed by atoms with E-state index in [4.69, 9.17) is 9.47 Å². The van der Waals surface area contributed by atoms with Gasteiger partial charge in [0.05, 0.1) is 17.3 Å². The van der Waals surface area contributed by atoms with Gasteiger partial charge in [0.1, 0.15) is 5.92 Å². The summed E-state index contributed by atoms with van der Waals surface area (Å²) in [4.78, 5) is 17.7. The molecule has 1 aliphatic rings. The van der Waals surface area contributed by atoms with Crippen molar-refractivity contribution in [2.45, 2.75) is 38.5 Å². The number of rotatable bonds is 6. The van der Waals surface area contributed by atoms with E-state index in [0.29, 0.717) is 6.61 Å². The highest BCUT2D eigenvalue weighted by molar-refractivity contribution is 7.11. The van der Waals surface area contributed by atoms with E-state index in [1.54, 1.807) is 18.4 Å². The maximum atomic E-state index is 11.8. The van der Waals surface area contributed by atoms with Gasteiger partial charge in [-0.2, -0.15) is 0 Å². The molecule has 18 heavy (non-hydrogen) atoms. The van der Waals surface area contributed by atoms with Gasteiger partial charge in [-0.05, 0) is 26.2 Å². The molecule has 0 spiro atoms. The Morgan fingerprint density at radius 1 is 1.56 bits per heavy atom. The summed E-state index contributed by atoms with van der Waals surface area (Å²) in [5.74, 6) is -0.252. The first-order valence-electron chi connectivity index (χ1n) is 6.40. The van der Waals surface area contributed by atoms with Crippen molar-refractivity contribution < 1.29 is 14.3 Å². The number of aryl methyl sites for hydroxylation is 2. The number of carbonyl (C=O) groups excluding carboxylic acids is 1. The highest BCUT2D eigenvalue weighted by atomic mass is 32.1. The summed E-state index contributed by atoms with van der Waals surface area (Å²) in [5, 5.41) is 1.12. The van der Waals surface area contributed by atoms with Crippen LogP contribution in [-0.4, -0.2) is 31.3 Å². The van der Waals surface area contributed by atoms with Gasteiger partial charge in [-0.1, -0.05) is 0 Å². The molecular weight excluding hydrogens is 250 g/mol. The number of carbonyl (C=O) groups is 1.